The maximum Gasteiger partial charge on any atom is 0.219 e. The average molecular weight is 285 g/mol. The summed E-state index contributed by atoms with van der Waals surface area (Å²) in [4.78, 5) is 4.22. The second-order valence-corrected chi connectivity index (χ2v) is 6.20. The van der Waals surface area contributed by atoms with E-state index in [2.05, 4.69) is 44.8 Å². The molecule has 1 aromatic heterocycles. The molecule has 1 aromatic carbocycles. The van der Waals surface area contributed by atoms with E-state index >= 15 is 0 Å². The molecule has 0 fully saturated rings. The highest BCUT2D eigenvalue weighted by Gasteiger charge is 2.20. The van der Waals surface area contributed by atoms with Crippen molar-refractivity contribution >= 4 is 0 Å². The molecule has 0 saturated heterocycles. The maximum atomic E-state index is 9.20. The number of hydrogen-bond donors (Lipinski definition) is 1. The highest BCUT2D eigenvalue weighted by molar-refractivity contribution is 5.43. The van der Waals surface area contributed by atoms with Crippen LogP contribution in [0, 0.1) is 0 Å². The van der Waals surface area contributed by atoms with Crippen LogP contribution in [0.3, 0.4) is 0 Å². The molecule has 0 atom stereocenters. The van der Waals surface area contributed by atoms with E-state index in [0.717, 1.165) is 23.3 Å². The van der Waals surface area contributed by atoms with Crippen LogP contribution in [0.2, 0.25) is 0 Å². The monoisotopic (exact) mass is 285 g/mol. The summed E-state index contributed by atoms with van der Waals surface area (Å²) in [6, 6.07) is 9.83. The van der Waals surface area contributed by atoms with Gasteiger partial charge in [0.1, 0.15) is 5.75 Å². The molecule has 3 heteroatoms. The first-order chi connectivity index (χ1) is 9.94. The number of aromatic nitrogens is 1. The van der Waals surface area contributed by atoms with Crippen LogP contribution in [0.5, 0.6) is 11.6 Å². The first-order valence-electron chi connectivity index (χ1n) is 7.31. The molecule has 0 saturated carbocycles. The molecule has 0 spiro atoms. The Morgan fingerprint density at radius 3 is 2.48 bits per heavy atom. The van der Waals surface area contributed by atoms with E-state index in [0.29, 0.717) is 5.88 Å². The molecule has 1 N–H and O–H groups in total. The zero-order chi connectivity index (χ0) is 15.5. The third kappa shape index (κ3) is 3.82. The topological polar surface area (TPSA) is 42.4 Å². The molecule has 112 valence electrons. The largest absolute Gasteiger partial charge is 0.439 e. The molecule has 21 heavy (non-hydrogen) atoms. The van der Waals surface area contributed by atoms with E-state index in [9.17, 15) is 5.11 Å². The molecule has 3 nitrogen and oxygen atoms in total. The molecule has 0 amide bonds. The molecular formula is C18H23NO2. The Hall–Kier alpha value is -1.87. The van der Waals surface area contributed by atoms with Gasteiger partial charge in [0, 0.05) is 17.8 Å². The van der Waals surface area contributed by atoms with Crippen molar-refractivity contribution in [2.24, 2.45) is 0 Å². The van der Waals surface area contributed by atoms with Gasteiger partial charge in [0.2, 0.25) is 5.88 Å². The van der Waals surface area contributed by atoms with Crippen molar-refractivity contribution in [2.45, 2.75) is 46.1 Å². The fraction of sp³-hybridized carbons (Fsp3) is 0.389. The lowest BCUT2D eigenvalue weighted by atomic mass is 9.85. The fourth-order valence-corrected chi connectivity index (χ4v) is 2.19. The van der Waals surface area contributed by atoms with Crippen molar-refractivity contribution in [3.8, 4) is 11.6 Å². The second-order valence-electron chi connectivity index (χ2n) is 6.20. The Morgan fingerprint density at radius 1 is 1.10 bits per heavy atom. The van der Waals surface area contributed by atoms with Crippen LogP contribution >= 0.6 is 0 Å². The summed E-state index contributed by atoms with van der Waals surface area (Å²) in [6.45, 7) is 8.65. The number of aryl methyl sites for hydroxylation is 1. The molecule has 0 radical (unpaired) electrons. The van der Waals surface area contributed by atoms with Gasteiger partial charge >= 0.3 is 0 Å². The zero-order valence-corrected chi connectivity index (χ0v) is 13.2. The Labute approximate surface area is 126 Å². The Morgan fingerprint density at radius 2 is 1.86 bits per heavy atom. The number of pyridine rings is 1. The van der Waals surface area contributed by atoms with Crippen LogP contribution in [-0.2, 0) is 18.4 Å². The molecule has 0 aliphatic rings. The highest BCUT2D eigenvalue weighted by atomic mass is 16.5. The van der Waals surface area contributed by atoms with Crippen molar-refractivity contribution in [3.63, 3.8) is 0 Å². The lowest BCUT2D eigenvalue weighted by Gasteiger charge is -2.23. The van der Waals surface area contributed by atoms with E-state index in [1.54, 1.807) is 18.3 Å². The number of ether oxygens (including phenoxy) is 1. The van der Waals surface area contributed by atoms with E-state index in [1.165, 1.54) is 5.56 Å². The summed E-state index contributed by atoms with van der Waals surface area (Å²) in [6.07, 6.45) is 2.65. The van der Waals surface area contributed by atoms with Gasteiger partial charge in [-0.3, -0.25) is 0 Å². The van der Waals surface area contributed by atoms with Crippen LogP contribution in [0.4, 0.5) is 0 Å². The first kappa shape index (κ1) is 15.5. The molecular weight excluding hydrogens is 262 g/mol. The predicted molar refractivity (Wildman–Crippen MR) is 84.8 cm³/mol. The summed E-state index contributed by atoms with van der Waals surface area (Å²) in [5, 5.41) is 9.20. The zero-order valence-electron chi connectivity index (χ0n) is 13.2. The van der Waals surface area contributed by atoms with E-state index in [-0.39, 0.29) is 12.0 Å². The van der Waals surface area contributed by atoms with E-state index in [1.807, 2.05) is 6.07 Å². The van der Waals surface area contributed by atoms with Crippen LogP contribution < -0.4 is 4.74 Å². The highest BCUT2D eigenvalue weighted by Crippen LogP contribution is 2.34. The van der Waals surface area contributed by atoms with Gasteiger partial charge in [0.15, 0.2) is 0 Å². The molecule has 0 bridgehead atoms. The molecule has 2 aromatic rings. The van der Waals surface area contributed by atoms with Crippen LogP contribution in [0.1, 0.15) is 44.4 Å². The smallest absolute Gasteiger partial charge is 0.219 e. The van der Waals surface area contributed by atoms with Gasteiger partial charge < -0.3 is 9.84 Å². The number of aliphatic hydroxyl groups is 1. The minimum atomic E-state index is -0.0141. The summed E-state index contributed by atoms with van der Waals surface area (Å²) in [7, 11) is 0. The fourth-order valence-electron chi connectivity index (χ4n) is 2.19. The average Bonchev–Trinajstić information content (AvgIpc) is 2.46. The third-order valence-electron chi connectivity index (χ3n) is 3.46. The van der Waals surface area contributed by atoms with Gasteiger partial charge in [-0.15, -0.1) is 0 Å². The standard InChI is InChI=1S/C18H23NO2/c1-5-13-6-7-16(15(10-13)18(2,3)4)21-17-11-14(12-20)8-9-19-17/h6-11,20H,5,12H2,1-4H3. The van der Waals surface area contributed by atoms with Crippen molar-refractivity contribution in [2.75, 3.05) is 0 Å². The van der Waals surface area contributed by atoms with Crippen LogP contribution in [0.25, 0.3) is 0 Å². The van der Waals surface area contributed by atoms with Gasteiger partial charge in [-0.25, -0.2) is 4.98 Å². The first-order valence-corrected chi connectivity index (χ1v) is 7.31. The Bertz CT molecular complexity index is 615. The van der Waals surface area contributed by atoms with E-state index < -0.39 is 0 Å². The van der Waals surface area contributed by atoms with Crippen molar-refractivity contribution in [1.29, 1.82) is 0 Å². The van der Waals surface area contributed by atoms with Crippen LogP contribution in [-0.4, -0.2) is 10.1 Å². The SMILES string of the molecule is CCc1ccc(Oc2cc(CO)ccn2)c(C(C)(C)C)c1. The summed E-state index contributed by atoms with van der Waals surface area (Å²) in [5.74, 6) is 1.33. The normalized spacial score (nSPS) is 11.5. The Balaban J connectivity index is 2.39. The van der Waals surface area contributed by atoms with E-state index in [4.69, 9.17) is 4.74 Å². The molecule has 0 unspecified atom stereocenters. The van der Waals surface area contributed by atoms with Gasteiger partial charge in [-0.05, 0) is 35.1 Å². The molecule has 2 rings (SSSR count). The maximum absolute atomic E-state index is 9.20. The number of nitrogens with zero attached hydrogens (tertiary/aromatic N) is 1. The van der Waals surface area contributed by atoms with Gasteiger partial charge in [0.25, 0.3) is 0 Å². The molecule has 1 heterocycles. The van der Waals surface area contributed by atoms with Crippen molar-refractivity contribution in [3.05, 3.63) is 53.2 Å². The second kappa shape index (κ2) is 6.27. The molecule has 0 aliphatic heterocycles. The minimum Gasteiger partial charge on any atom is -0.439 e. The summed E-state index contributed by atoms with van der Waals surface area (Å²) >= 11 is 0. The van der Waals surface area contributed by atoms with Crippen molar-refractivity contribution in [1.82, 2.24) is 4.98 Å². The third-order valence-corrected chi connectivity index (χ3v) is 3.46. The number of aliphatic hydroxyl groups excluding tert-OH is 1. The van der Waals surface area contributed by atoms with Gasteiger partial charge in [-0.1, -0.05) is 39.8 Å². The number of rotatable bonds is 4. The van der Waals surface area contributed by atoms with Gasteiger partial charge in [-0.2, -0.15) is 0 Å². The predicted octanol–water partition coefficient (Wildman–Crippen LogP) is 4.23. The summed E-state index contributed by atoms with van der Waals surface area (Å²) in [5.41, 5.74) is 3.25. The Kier molecular flexibility index (Phi) is 4.63. The van der Waals surface area contributed by atoms with Crippen molar-refractivity contribution < 1.29 is 9.84 Å². The minimum absolute atomic E-state index is 0.00486. The van der Waals surface area contributed by atoms with Gasteiger partial charge in [0.05, 0.1) is 6.61 Å². The summed E-state index contributed by atoms with van der Waals surface area (Å²) < 4.78 is 5.96. The number of hydrogen-bond acceptors (Lipinski definition) is 3. The molecule has 0 aliphatic carbocycles. The quantitative estimate of drug-likeness (QED) is 0.914. The van der Waals surface area contributed by atoms with Crippen LogP contribution in [0.15, 0.2) is 36.5 Å². The lowest BCUT2D eigenvalue weighted by Crippen LogP contribution is -2.13. The number of benzene rings is 1. The lowest BCUT2D eigenvalue weighted by molar-refractivity contribution is 0.281.